The van der Waals surface area contributed by atoms with E-state index in [0.717, 1.165) is 82.7 Å². The lowest BCUT2D eigenvalue weighted by molar-refractivity contribution is -0.117. The fourth-order valence-electron chi connectivity index (χ4n) is 6.09. The molecule has 1 amide bonds. The van der Waals surface area contributed by atoms with Crippen LogP contribution in [0, 0.1) is 0 Å². The maximum atomic E-state index is 12.5. The summed E-state index contributed by atoms with van der Waals surface area (Å²) in [6.45, 7) is 11.1. The van der Waals surface area contributed by atoms with Crippen molar-refractivity contribution in [2.75, 3.05) is 25.0 Å². The molecule has 0 spiro atoms. The van der Waals surface area contributed by atoms with Crippen molar-refractivity contribution < 1.29 is 4.79 Å². The van der Waals surface area contributed by atoms with Gasteiger partial charge in [-0.2, -0.15) is 0 Å². The number of fused-ring (bicyclic) bond motifs is 5. The van der Waals surface area contributed by atoms with Crippen molar-refractivity contribution in [2.24, 2.45) is 0 Å². The van der Waals surface area contributed by atoms with E-state index < -0.39 is 0 Å². The number of hydrogen-bond donors (Lipinski definition) is 1. The zero-order chi connectivity index (χ0) is 29.7. The summed E-state index contributed by atoms with van der Waals surface area (Å²) >= 11 is 0. The zero-order valence-corrected chi connectivity index (χ0v) is 25.1. The number of benzene rings is 2. The Morgan fingerprint density at radius 2 is 1.67 bits per heavy atom. The molecule has 0 bridgehead atoms. The van der Waals surface area contributed by atoms with E-state index in [9.17, 15) is 4.79 Å². The summed E-state index contributed by atoms with van der Waals surface area (Å²) in [7, 11) is 0. The van der Waals surface area contributed by atoms with Gasteiger partial charge in [0.2, 0.25) is 11.7 Å². The normalized spacial score (nSPS) is 14.3. The maximum absolute atomic E-state index is 12.5. The monoisotopic (exact) mass is 572 g/mol. The molecule has 1 saturated heterocycles. The lowest BCUT2D eigenvalue weighted by Gasteiger charge is -2.19. The first-order chi connectivity index (χ1) is 20.8. The Balaban J connectivity index is 1.31. The number of nitrogens with one attached hydrogen (secondary N) is 1. The molecule has 5 heterocycles. The van der Waals surface area contributed by atoms with Crippen LogP contribution in [0.5, 0.6) is 0 Å². The molecule has 0 aliphatic carbocycles. The second kappa shape index (κ2) is 10.6. The van der Waals surface area contributed by atoms with Gasteiger partial charge in [-0.3, -0.25) is 23.6 Å². The van der Waals surface area contributed by atoms with Gasteiger partial charge < -0.3 is 5.32 Å². The average molecular weight is 573 g/mol. The number of amides is 1. The van der Waals surface area contributed by atoms with Crippen LogP contribution in [0.1, 0.15) is 51.9 Å². The quantitative estimate of drug-likeness (QED) is 0.256. The van der Waals surface area contributed by atoms with Gasteiger partial charge in [-0.1, -0.05) is 45.9 Å². The highest BCUT2D eigenvalue weighted by Gasteiger charge is 2.21. The van der Waals surface area contributed by atoms with Crippen LogP contribution in [0.15, 0.2) is 67.0 Å². The first kappa shape index (κ1) is 27.2. The molecule has 0 saturated carbocycles. The molecule has 43 heavy (non-hydrogen) atoms. The van der Waals surface area contributed by atoms with Gasteiger partial charge in [0.25, 0.3) is 0 Å². The number of likely N-dealkylation sites (tertiary alicyclic amines) is 1. The highest BCUT2D eigenvalue weighted by atomic mass is 16.2. The number of anilines is 1. The Bertz CT molecular complexity index is 1960. The fraction of sp³-hybridized carbons (Fsp3) is 0.324. The molecule has 2 aromatic carbocycles. The molecule has 0 unspecified atom stereocenters. The minimum absolute atomic E-state index is 0.0245. The molecule has 1 N–H and O–H groups in total. The summed E-state index contributed by atoms with van der Waals surface area (Å²) in [5.74, 6) is 2.20. The Labute approximate surface area is 250 Å². The predicted octanol–water partition coefficient (Wildman–Crippen LogP) is 6.18. The maximum Gasteiger partial charge on any atom is 0.241 e. The van der Waals surface area contributed by atoms with Gasteiger partial charge in [-0.15, -0.1) is 10.2 Å². The summed E-state index contributed by atoms with van der Waals surface area (Å²) in [6.07, 6.45) is 6.81. The molecule has 1 fully saturated rings. The number of carbonyl (C=O) groups excluding carboxylic acids is 1. The first-order valence-electron chi connectivity index (χ1n) is 15.1. The fourth-order valence-corrected chi connectivity index (χ4v) is 6.09. The van der Waals surface area contributed by atoms with Gasteiger partial charge in [0.05, 0.1) is 29.3 Å². The molecule has 218 valence electrons. The van der Waals surface area contributed by atoms with E-state index in [2.05, 4.69) is 105 Å². The van der Waals surface area contributed by atoms with Crippen LogP contribution in [0.2, 0.25) is 0 Å². The van der Waals surface area contributed by atoms with E-state index in [0.29, 0.717) is 12.4 Å². The second-order valence-corrected chi connectivity index (χ2v) is 12.4. The molecule has 6 aromatic rings. The van der Waals surface area contributed by atoms with Crippen molar-refractivity contribution in [3.05, 3.63) is 78.4 Å². The van der Waals surface area contributed by atoms with E-state index in [1.807, 2.05) is 24.5 Å². The molecule has 0 atom stereocenters. The summed E-state index contributed by atoms with van der Waals surface area (Å²) in [4.78, 5) is 24.1. The van der Waals surface area contributed by atoms with Gasteiger partial charge in [-0.25, -0.2) is 4.98 Å². The lowest BCUT2D eigenvalue weighted by atomic mass is 9.87. The van der Waals surface area contributed by atoms with Crippen LogP contribution in [0.4, 0.5) is 5.82 Å². The molecule has 1 aliphatic heterocycles. The molecular formula is C34H36N8O. The summed E-state index contributed by atoms with van der Waals surface area (Å²) in [6, 6.07) is 18.9. The Hall–Kier alpha value is -4.63. The van der Waals surface area contributed by atoms with Crippen LogP contribution in [0.3, 0.4) is 0 Å². The third-order valence-corrected chi connectivity index (χ3v) is 8.44. The molecule has 9 nitrogen and oxygen atoms in total. The van der Waals surface area contributed by atoms with Crippen molar-refractivity contribution in [3.63, 3.8) is 0 Å². The highest BCUT2D eigenvalue weighted by Crippen LogP contribution is 2.34. The van der Waals surface area contributed by atoms with Crippen LogP contribution in [-0.2, 0) is 16.6 Å². The van der Waals surface area contributed by atoms with Crippen molar-refractivity contribution in [2.45, 2.75) is 52.4 Å². The number of pyridine rings is 2. The Morgan fingerprint density at radius 1 is 0.907 bits per heavy atom. The molecule has 1 aliphatic rings. The summed E-state index contributed by atoms with van der Waals surface area (Å²) in [5.41, 5.74) is 7.24. The van der Waals surface area contributed by atoms with Crippen LogP contribution < -0.4 is 5.32 Å². The van der Waals surface area contributed by atoms with Crippen molar-refractivity contribution in [1.82, 2.24) is 34.0 Å². The van der Waals surface area contributed by atoms with E-state index >= 15 is 0 Å². The SMILES string of the molecule is CCc1nnc2n(-c3ccc(C(C)(C)C)cc3)c3c4cc(-c5ccc(NC(=O)CN6CCCC6)nc5)ccc4ncc3n12. The number of aryl methyl sites for hydroxylation is 1. The first-order valence-corrected chi connectivity index (χ1v) is 15.1. The third-order valence-electron chi connectivity index (χ3n) is 8.44. The number of aromatic nitrogens is 6. The second-order valence-electron chi connectivity index (χ2n) is 12.4. The van der Waals surface area contributed by atoms with Crippen LogP contribution >= 0.6 is 0 Å². The zero-order valence-electron chi connectivity index (χ0n) is 25.1. The molecule has 0 radical (unpaired) electrons. The minimum atomic E-state index is -0.0245. The molecule has 4 aromatic heterocycles. The Morgan fingerprint density at radius 3 is 2.37 bits per heavy atom. The van der Waals surface area contributed by atoms with Crippen LogP contribution in [-0.4, -0.2) is 59.6 Å². The van der Waals surface area contributed by atoms with E-state index in [1.165, 1.54) is 5.56 Å². The summed E-state index contributed by atoms with van der Waals surface area (Å²) in [5, 5.41) is 13.1. The number of rotatable bonds is 6. The van der Waals surface area contributed by atoms with E-state index in [4.69, 9.17) is 4.98 Å². The van der Waals surface area contributed by atoms with Crippen molar-refractivity contribution >= 4 is 39.4 Å². The number of nitrogens with zero attached hydrogens (tertiary/aromatic N) is 7. The van der Waals surface area contributed by atoms with E-state index in [-0.39, 0.29) is 11.3 Å². The molecule has 9 heteroatoms. The standard InChI is InChI=1S/C34H36N8O/c1-5-30-38-39-33-41(25-12-10-24(11-13-25)34(2,3)4)32-26-18-22(8-14-27(26)35-20-28(32)42(30)33)23-9-15-29(36-19-23)37-31(43)21-40-16-6-7-17-40/h8-15,18-20H,5-7,16-17,21H2,1-4H3,(H,36,37,43). The number of imidazole rings is 1. The summed E-state index contributed by atoms with van der Waals surface area (Å²) < 4.78 is 4.31. The topological polar surface area (TPSA) is 93.2 Å². The third kappa shape index (κ3) is 4.93. The van der Waals surface area contributed by atoms with Gasteiger partial charge in [0.1, 0.15) is 11.6 Å². The van der Waals surface area contributed by atoms with Gasteiger partial charge in [0, 0.05) is 29.3 Å². The van der Waals surface area contributed by atoms with Crippen molar-refractivity contribution in [1.29, 1.82) is 0 Å². The highest BCUT2D eigenvalue weighted by molar-refractivity contribution is 6.06. The lowest BCUT2D eigenvalue weighted by Crippen LogP contribution is -2.31. The number of carbonyl (C=O) groups is 1. The largest absolute Gasteiger partial charge is 0.310 e. The Kier molecular flexibility index (Phi) is 6.69. The smallest absolute Gasteiger partial charge is 0.241 e. The van der Waals surface area contributed by atoms with Gasteiger partial charge >= 0.3 is 0 Å². The average Bonchev–Trinajstić information content (AvgIpc) is 3.74. The van der Waals surface area contributed by atoms with Gasteiger partial charge in [-0.05, 0) is 78.9 Å². The molecular weight excluding hydrogens is 536 g/mol. The van der Waals surface area contributed by atoms with Crippen LogP contribution in [0.25, 0.3) is 44.5 Å². The predicted molar refractivity (Wildman–Crippen MR) is 171 cm³/mol. The van der Waals surface area contributed by atoms with Crippen molar-refractivity contribution in [3.8, 4) is 16.8 Å². The number of hydrogen-bond acceptors (Lipinski definition) is 6. The van der Waals surface area contributed by atoms with E-state index in [1.54, 1.807) is 0 Å². The van der Waals surface area contributed by atoms with Gasteiger partial charge in [0.15, 0.2) is 0 Å². The molecule has 7 rings (SSSR count). The minimum Gasteiger partial charge on any atom is -0.310 e.